The molecular weight excluding hydrogens is 256 g/mol. The standard InChI is InChI=1S/C14H14N4O2/c19-13-6-5-12(16-17-13)15-14(20)18-8-7-10-3-1-2-4-11(10)9-18/h1-6H,7-9H2,(H,17,19)(H,15,16,20). The lowest BCUT2D eigenvalue weighted by Crippen LogP contribution is -2.39. The van der Waals surface area contributed by atoms with Crippen LogP contribution in [0, 0.1) is 0 Å². The van der Waals surface area contributed by atoms with E-state index in [-0.39, 0.29) is 11.6 Å². The number of nitrogens with zero attached hydrogens (tertiary/aromatic N) is 2. The van der Waals surface area contributed by atoms with Gasteiger partial charge in [-0.2, -0.15) is 5.10 Å². The van der Waals surface area contributed by atoms with Gasteiger partial charge in [0.15, 0.2) is 5.82 Å². The number of aromatic nitrogens is 2. The number of amides is 2. The van der Waals surface area contributed by atoms with Gasteiger partial charge in [0.2, 0.25) is 0 Å². The first-order chi connectivity index (χ1) is 9.72. The van der Waals surface area contributed by atoms with Crippen LogP contribution in [0.3, 0.4) is 0 Å². The van der Waals surface area contributed by atoms with Crippen molar-refractivity contribution >= 4 is 11.8 Å². The predicted octanol–water partition coefficient (Wildman–Crippen LogP) is 1.36. The first kappa shape index (κ1) is 12.4. The Morgan fingerprint density at radius 2 is 2.00 bits per heavy atom. The summed E-state index contributed by atoms with van der Waals surface area (Å²) in [5, 5.41) is 8.72. The van der Waals surface area contributed by atoms with E-state index in [1.807, 2.05) is 18.2 Å². The predicted molar refractivity (Wildman–Crippen MR) is 74.4 cm³/mol. The monoisotopic (exact) mass is 270 g/mol. The molecule has 1 aromatic heterocycles. The maximum absolute atomic E-state index is 12.1. The van der Waals surface area contributed by atoms with Crippen LogP contribution in [0.25, 0.3) is 0 Å². The number of H-pyrrole nitrogens is 1. The van der Waals surface area contributed by atoms with Gasteiger partial charge < -0.3 is 4.90 Å². The van der Waals surface area contributed by atoms with E-state index in [0.717, 1.165) is 6.42 Å². The molecule has 2 N–H and O–H groups in total. The molecule has 0 saturated heterocycles. The molecule has 2 aromatic rings. The van der Waals surface area contributed by atoms with Crippen molar-refractivity contribution in [3.63, 3.8) is 0 Å². The zero-order valence-electron chi connectivity index (χ0n) is 10.8. The lowest BCUT2D eigenvalue weighted by molar-refractivity contribution is 0.206. The molecule has 2 heterocycles. The molecule has 0 unspecified atom stereocenters. The van der Waals surface area contributed by atoms with Gasteiger partial charge in [0.25, 0.3) is 5.56 Å². The van der Waals surface area contributed by atoms with Gasteiger partial charge in [0.05, 0.1) is 0 Å². The Bertz CT molecular complexity index is 675. The molecule has 0 fully saturated rings. The SMILES string of the molecule is O=C(Nc1ccc(=O)[nH]n1)N1CCc2ccccc2C1. The molecule has 1 aliphatic rings. The molecule has 2 amide bonds. The average molecular weight is 270 g/mol. The van der Waals surface area contributed by atoms with Gasteiger partial charge in [0, 0.05) is 19.2 Å². The molecule has 1 aliphatic heterocycles. The molecule has 0 aliphatic carbocycles. The Morgan fingerprint density at radius 1 is 1.20 bits per heavy atom. The molecule has 0 saturated carbocycles. The molecule has 1 aromatic carbocycles. The van der Waals surface area contributed by atoms with Crippen LogP contribution < -0.4 is 10.9 Å². The molecule has 0 radical (unpaired) electrons. The number of benzene rings is 1. The van der Waals surface area contributed by atoms with Crippen molar-refractivity contribution in [3.8, 4) is 0 Å². The van der Waals surface area contributed by atoms with E-state index in [1.54, 1.807) is 4.90 Å². The summed E-state index contributed by atoms with van der Waals surface area (Å²) in [4.78, 5) is 24.8. The highest BCUT2D eigenvalue weighted by Crippen LogP contribution is 2.18. The highest BCUT2D eigenvalue weighted by atomic mass is 16.2. The van der Waals surface area contributed by atoms with Crippen molar-refractivity contribution in [1.82, 2.24) is 15.1 Å². The molecule has 102 valence electrons. The van der Waals surface area contributed by atoms with Gasteiger partial charge in [-0.15, -0.1) is 0 Å². The molecule has 6 nitrogen and oxygen atoms in total. The number of nitrogens with one attached hydrogen (secondary N) is 2. The zero-order chi connectivity index (χ0) is 13.9. The second kappa shape index (κ2) is 5.16. The number of rotatable bonds is 1. The second-order valence-corrected chi connectivity index (χ2v) is 4.68. The number of urea groups is 1. The first-order valence-corrected chi connectivity index (χ1v) is 6.41. The molecule has 3 rings (SSSR count). The Hall–Kier alpha value is -2.63. The smallest absolute Gasteiger partial charge is 0.320 e. The van der Waals surface area contributed by atoms with Crippen molar-refractivity contribution in [2.45, 2.75) is 13.0 Å². The Morgan fingerprint density at radius 3 is 2.75 bits per heavy atom. The summed E-state index contributed by atoms with van der Waals surface area (Å²) >= 11 is 0. The van der Waals surface area contributed by atoms with Crippen molar-refractivity contribution in [2.24, 2.45) is 0 Å². The first-order valence-electron chi connectivity index (χ1n) is 6.41. The second-order valence-electron chi connectivity index (χ2n) is 4.68. The quantitative estimate of drug-likeness (QED) is 0.821. The fourth-order valence-corrected chi connectivity index (χ4v) is 2.27. The molecule has 0 spiro atoms. The van der Waals surface area contributed by atoms with Gasteiger partial charge in [-0.05, 0) is 23.6 Å². The topological polar surface area (TPSA) is 78.1 Å². The van der Waals surface area contributed by atoms with Crippen molar-refractivity contribution < 1.29 is 4.79 Å². The molecule has 0 atom stereocenters. The maximum Gasteiger partial charge on any atom is 0.323 e. The lowest BCUT2D eigenvalue weighted by Gasteiger charge is -2.28. The number of anilines is 1. The van der Waals surface area contributed by atoms with Crippen molar-refractivity contribution in [1.29, 1.82) is 0 Å². The van der Waals surface area contributed by atoms with Crippen LogP contribution in [0.5, 0.6) is 0 Å². The molecule has 20 heavy (non-hydrogen) atoms. The van der Waals surface area contributed by atoms with Gasteiger partial charge in [-0.3, -0.25) is 10.1 Å². The third kappa shape index (κ3) is 2.54. The summed E-state index contributed by atoms with van der Waals surface area (Å²) < 4.78 is 0. The van der Waals surface area contributed by atoms with Crippen LogP contribution in [0.2, 0.25) is 0 Å². The Labute approximate surface area is 115 Å². The number of hydrogen-bond donors (Lipinski definition) is 2. The van der Waals surface area contributed by atoms with E-state index in [2.05, 4.69) is 21.6 Å². The third-order valence-electron chi connectivity index (χ3n) is 3.33. The van der Waals surface area contributed by atoms with Gasteiger partial charge in [0.1, 0.15) is 0 Å². The Kier molecular flexibility index (Phi) is 3.20. The highest BCUT2D eigenvalue weighted by Gasteiger charge is 2.20. The summed E-state index contributed by atoms with van der Waals surface area (Å²) in [5.74, 6) is 0.341. The number of aromatic amines is 1. The summed E-state index contributed by atoms with van der Waals surface area (Å²) in [6.07, 6.45) is 0.850. The minimum atomic E-state index is -0.296. The minimum Gasteiger partial charge on any atom is -0.320 e. The van der Waals surface area contributed by atoms with Gasteiger partial charge in [-0.1, -0.05) is 24.3 Å². The van der Waals surface area contributed by atoms with Crippen LogP contribution in [0.1, 0.15) is 11.1 Å². The summed E-state index contributed by atoms with van der Waals surface area (Å²) in [6.45, 7) is 1.26. The summed E-state index contributed by atoms with van der Waals surface area (Å²) in [7, 11) is 0. The van der Waals surface area contributed by atoms with E-state index in [4.69, 9.17) is 0 Å². The number of carbonyl (C=O) groups excluding carboxylic acids is 1. The average Bonchev–Trinajstić information content (AvgIpc) is 2.49. The van der Waals surface area contributed by atoms with Crippen LogP contribution in [0.4, 0.5) is 10.6 Å². The van der Waals surface area contributed by atoms with E-state index in [0.29, 0.717) is 18.9 Å². The maximum atomic E-state index is 12.1. The molecular formula is C14H14N4O2. The van der Waals surface area contributed by atoms with Gasteiger partial charge >= 0.3 is 6.03 Å². The molecule has 0 bridgehead atoms. The fraction of sp³-hybridized carbons (Fsp3) is 0.214. The highest BCUT2D eigenvalue weighted by molar-refractivity contribution is 5.88. The number of fused-ring (bicyclic) bond motifs is 1. The van der Waals surface area contributed by atoms with Crippen molar-refractivity contribution in [3.05, 3.63) is 57.9 Å². The number of hydrogen-bond acceptors (Lipinski definition) is 3. The lowest BCUT2D eigenvalue weighted by atomic mass is 10.0. The van der Waals surface area contributed by atoms with Crippen LogP contribution in [-0.4, -0.2) is 27.7 Å². The van der Waals surface area contributed by atoms with Crippen LogP contribution in [0.15, 0.2) is 41.2 Å². The fourth-order valence-electron chi connectivity index (χ4n) is 2.27. The number of carbonyl (C=O) groups is 1. The van der Waals surface area contributed by atoms with E-state index in [1.165, 1.54) is 23.3 Å². The van der Waals surface area contributed by atoms with Gasteiger partial charge in [-0.25, -0.2) is 9.89 Å². The summed E-state index contributed by atoms with van der Waals surface area (Å²) in [5.41, 5.74) is 2.16. The van der Waals surface area contributed by atoms with E-state index >= 15 is 0 Å². The Balaban J connectivity index is 1.70. The molecule has 6 heteroatoms. The van der Waals surface area contributed by atoms with Crippen molar-refractivity contribution in [2.75, 3.05) is 11.9 Å². The van der Waals surface area contributed by atoms with E-state index in [9.17, 15) is 9.59 Å². The zero-order valence-corrected chi connectivity index (χ0v) is 10.8. The largest absolute Gasteiger partial charge is 0.323 e. The minimum absolute atomic E-state index is 0.209. The normalized spacial score (nSPS) is 13.7. The summed E-state index contributed by atoms with van der Waals surface area (Å²) in [6, 6.07) is 10.7. The van der Waals surface area contributed by atoms with Crippen LogP contribution in [-0.2, 0) is 13.0 Å². The van der Waals surface area contributed by atoms with E-state index < -0.39 is 0 Å². The third-order valence-corrected chi connectivity index (χ3v) is 3.33. The van der Waals surface area contributed by atoms with Crippen LogP contribution >= 0.6 is 0 Å².